The number of alkyl halides is 2. The van der Waals surface area contributed by atoms with Crippen molar-refractivity contribution in [1.82, 2.24) is 0 Å². The van der Waals surface area contributed by atoms with E-state index in [1.807, 2.05) is 0 Å². The quantitative estimate of drug-likeness (QED) is 0.532. The van der Waals surface area contributed by atoms with E-state index in [9.17, 15) is 8.78 Å². The van der Waals surface area contributed by atoms with E-state index in [-0.39, 0.29) is 18.8 Å². The van der Waals surface area contributed by atoms with Crippen molar-refractivity contribution in [3.63, 3.8) is 0 Å². The largest absolute Gasteiger partial charge is 0.397 e. The SMILES string of the molecule is C=C/C(N)=C(\N=C)C1CC(F)(F)C1. The summed E-state index contributed by atoms with van der Waals surface area (Å²) < 4.78 is 25.0. The van der Waals surface area contributed by atoms with Gasteiger partial charge in [-0.15, -0.1) is 0 Å². The van der Waals surface area contributed by atoms with E-state index in [0.717, 1.165) is 0 Å². The molecule has 72 valence electrons. The monoisotopic (exact) mass is 186 g/mol. The standard InChI is InChI=1S/C9H12F2N2/c1-3-7(12)8(13-2)6-4-9(10,11)5-6/h3,6H,1-2,4-5,12H2/b8-7+. The number of hydrogen-bond donors (Lipinski definition) is 1. The topological polar surface area (TPSA) is 38.4 Å². The molecule has 0 amide bonds. The summed E-state index contributed by atoms with van der Waals surface area (Å²) >= 11 is 0. The van der Waals surface area contributed by atoms with Gasteiger partial charge in [0.05, 0.1) is 11.4 Å². The Morgan fingerprint density at radius 3 is 2.38 bits per heavy atom. The first-order valence-corrected chi connectivity index (χ1v) is 3.97. The van der Waals surface area contributed by atoms with Gasteiger partial charge >= 0.3 is 0 Å². The van der Waals surface area contributed by atoms with Crippen LogP contribution in [0.2, 0.25) is 0 Å². The van der Waals surface area contributed by atoms with Gasteiger partial charge in [0.15, 0.2) is 0 Å². The molecule has 0 aliphatic heterocycles. The van der Waals surface area contributed by atoms with Gasteiger partial charge in [0.2, 0.25) is 5.92 Å². The molecule has 1 aliphatic carbocycles. The van der Waals surface area contributed by atoms with Crippen molar-refractivity contribution in [3.8, 4) is 0 Å². The summed E-state index contributed by atoms with van der Waals surface area (Å²) in [5.41, 5.74) is 6.30. The highest BCUT2D eigenvalue weighted by molar-refractivity contribution is 5.35. The maximum Gasteiger partial charge on any atom is 0.249 e. The summed E-state index contributed by atoms with van der Waals surface area (Å²) in [5.74, 6) is -2.81. The molecule has 0 aromatic rings. The number of nitrogens with zero attached hydrogens (tertiary/aromatic N) is 1. The Morgan fingerprint density at radius 1 is 1.54 bits per heavy atom. The van der Waals surface area contributed by atoms with Crippen LogP contribution in [0.3, 0.4) is 0 Å². The van der Waals surface area contributed by atoms with Crippen LogP contribution in [0.4, 0.5) is 8.78 Å². The predicted octanol–water partition coefficient (Wildman–Crippen LogP) is 2.09. The lowest BCUT2D eigenvalue weighted by molar-refractivity contribution is -0.0996. The molecule has 0 heterocycles. The highest BCUT2D eigenvalue weighted by Crippen LogP contribution is 2.46. The second-order valence-corrected chi connectivity index (χ2v) is 3.16. The van der Waals surface area contributed by atoms with Crippen LogP contribution >= 0.6 is 0 Å². The Balaban J connectivity index is 2.72. The van der Waals surface area contributed by atoms with Gasteiger partial charge in [0, 0.05) is 18.8 Å². The number of halogens is 2. The Bertz CT molecular complexity index is 261. The molecule has 1 aliphatic rings. The fourth-order valence-electron chi connectivity index (χ4n) is 1.42. The second-order valence-electron chi connectivity index (χ2n) is 3.16. The Kier molecular flexibility index (Phi) is 2.50. The van der Waals surface area contributed by atoms with Crippen molar-refractivity contribution in [1.29, 1.82) is 0 Å². The minimum absolute atomic E-state index is 0.185. The maximum absolute atomic E-state index is 12.5. The zero-order chi connectivity index (χ0) is 10.1. The number of allylic oxidation sites excluding steroid dienone is 2. The fourth-order valence-corrected chi connectivity index (χ4v) is 1.42. The Hall–Kier alpha value is -1.19. The molecule has 0 spiro atoms. The molecule has 0 aromatic carbocycles. The molecule has 13 heavy (non-hydrogen) atoms. The van der Waals surface area contributed by atoms with E-state index in [0.29, 0.717) is 11.4 Å². The minimum Gasteiger partial charge on any atom is -0.397 e. The van der Waals surface area contributed by atoms with Crippen LogP contribution in [0, 0.1) is 5.92 Å². The van der Waals surface area contributed by atoms with Crippen molar-refractivity contribution >= 4 is 6.72 Å². The van der Waals surface area contributed by atoms with Crippen LogP contribution in [-0.4, -0.2) is 12.6 Å². The van der Waals surface area contributed by atoms with Crippen LogP contribution in [0.25, 0.3) is 0 Å². The average molecular weight is 186 g/mol. The lowest BCUT2D eigenvalue weighted by Crippen LogP contribution is -2.36. The normalized spacial score (nSPS) is 22.9. The molecule has 0 aromatic heterocycles. The number of hydrogen-bond acceptors (Lipinski definition) is 2. The summed E-state index contributed by atoms with van der Waals surface area (Å²) in [5, 5.41) is 0. The van der Waals surface area contributed by atoms with Gasteiger partial charge in [0.25, 0.3) is 0 Å². The van der Waals surface area contributed by atoms with Gasteiger partial charge in [-0.1, -0.05) is 6.58 Å². The first-order chi connectivity index (χ1) is 6.00. The van der Waals surface area contributed by atoms with Gasteiger partial charge in [-0.25, -0.2) is 8.78 Å². The summed E-state index contributed by atoms with van der Waals surface area (Å²) in [6.45, 7) is 6.75. The Morgan fingerprint density at radius 2 is 2.08 bits per heavy atom. The maximum atomic E-state index is 12.5. The zero-order valence-corrected chi connectivity index (χ0v) is 7.26. The molecule has 1 saturated carbocycles. The molecule has 2 N–H and O–H groups in total. The van der Waals surface area contributed by atoms with E-state index in [2.05, 4.69) is 18.3 Å². The van der Waals surface area contributed by atoms with Crippen LogP contribution < -0.4 is 5.73 Å². The summed E-state index contributed by atoms with van der Waals surface area (Å²) in [4.78, 5) is 3.65. The van der Waals surface area contributed by atoms with Crippen molar-refractivity contribution in [2.45, 2.75) is 18.8 Å². The zero-order valence-electron chi connectivity index (χ0n) is 7.26. The average Bonchev–Trinajstić information content (AvgIpc) is 2.02. The first-order valence-electron chi connectivity index (χ1n) is 3.97. The van der Waals surface area contributed by atoms with Gasteiger partial charge in [-0.05, 0) is 12.8 Å². The van der Waals surface area contributed by atoms with Gasteiger partial charge in [-0.2, -0.15) is 0 Å². The van der Waals surface area contributed by atoms with E-state index in [1.165, 1.54) is 6.08 Å². The highest BCUT2D eigenvalue weighted by atomic mass is 19.3. The summed E-state index contributed by atoms with van der Waals surface area (Å²) in [6.07, 6.45) is 1.03. The molecule has 0 saturated heterocycles. The molecule has 4 heteroatoms. The van der Waals surface area contributed by atoms with E-state index in [4.69, 9.17) is 5.73 Å². The van der Waals surface area contributed by atoms with Crippen molar-refractivity contribution in [2.75, 3.05) is 0 Å². The van der Waals surface area contributed by atoms with Crippen LogP contribution in [0.5, 0.6) is 0 Å². The van der Waals surface area contributed by atoms with Gasteiger partial charge in [-0.3, -0.25) is 4.99 Å². The van der Waals surface area contributed by atoms with E-state index in [1.54, 1.807) is 0 Å². The fraction of sp³-hybridized carbons (Fsp3) is 0.444. The molecule has 0 bridgehead atoms. The van der Waals surface area contributed by atoms with Crippen molar-refractivity contribution in [2.24, 2.45) is 16.6 Å². The molecule has 0 atom stereocenters. The molecule has 1 rings (SSSR count). The third kappa shape index (κ3) is 1.94. The number of nitrogens with two attached hydrogens (primary N) is 1. The second kappa shape index (κ2) is 3.28. The van der Waals surface area contributed by atoms with Crippen molar-refractivity contribution < 1.29 is 8.78 Å². The lowest BCUT2D eigenvalue weighted by atomic mass is 9.78. The van der Waals surface area contributed by atoms with Gasteiger partial charge in [0.1, 0.15) is 0 Å². The van der Waals surface area contributed by atoms with Crippen LogP contribution in [0.15, 0.2) is 29.0 Å². The lowest BCUT2D eigenvalue weighted by Gasteiger charge is -2.35. The van der Waals surface area contributed by atoms with E-state index < -0.39 is 5.92 Å². The smallest absolute Gasteiger partial charge is 0.249 e. The summed E-state index contributed by atoms with van der Waals surface area (Å²) in [6, 6.07) is 0. The molecular formula is C9H12F2N2. The van der Waals surface area contributed by atoms with Crippen molar-refractivity contribution in [3.05, 3.63) is 24.0 Å². The molecule has 0 radical (unpaired) electrons. The Labute approximate surface area is 75.8 Å². The predicted molar refractivity (Wildman–Crippen MR) is 48.6 cm³/mol. The first kappa shape index (κ1) is 9.89. The number of rotatable bonds is 3. The van der Waals surface area contributed by atoms with Gasteiger partial charge < -0.3 is 5.73 Å². The van der Waals surface area contributed by atoms with E-state index >= 15 is 0 Å². The molecule has 2 nitrogen and oxygen atoms in total. The summed E-state index contributed by atoms with van der Waals surface area (Å²) in [7, 11) is 0. The third-order valence-electron chi connectivity index (χ3n) is 2.16. The number of aliphatic imine (C=N–C) groups is 1. The molecule has 0 unspecified atom stereocenters. The molecule has 1 fully saturated rings. The molecular weight excluding hydrogens is 174 g/mol. The minimum atomic E-state index is -2.55. The highest BCUT2D eigenvalue weighted by Gasteiger charge is 2.47. The third-order valence-corrected chi connectivity index (χ3v) is 2.16. The van der Waals surface area contributed by atoms with Crippen LogP contribution in [0.1, 0.15) is 12.8 Å². The van der Waals surface area contributed by atoms with Crippen LogP contribution in [-0.2, 0) is 0 Å².